The molecule has 0 bridgehead atoms. The number of nitrogens with zero attached hydrogens (tertiary/aromatic N) is 4. The van der Waals surface area contributed by atoms with Gasteiger partial charge in [0.1, 0.15) is 5.82 Å². The van der Waals surface area contributed by atoms with E-state index < -0.39 is 0 Å². The molecule has 0 aliphatic carbocycles. The second kappa shape index (κ2) is 2.55. The van der Waals surface area contributed by atoms with Crippen LogP contribution in [0.5, 0.6) is 0 Å². The lowest BCUT2D eigenvalue weighted by atomic mass is 10.4. The Kier molecular flexibility index (Phi) is 1.53. The smallest absolute Gasteiger partial charge is 0.161 e. The van der Waals surface area contributed by atoms with E-state index in [4.69, 9.17) is 0 Å². The van der Waals surface area contributed by atoms with Crippen molar-refractivity contribution in [1.82, 2.24) is 19.7 Å². The maximum atomic E-state index is 4.34. The first-order valence-electron chi connectivity index (χ1n) is 3.95. The molecule has 0 aromatic carbocycles. The molecule has 0 aliphatic rings. The van der Waals surface area contributed by atoms with Crippen LogP contribution in [0.4, 0.5) is 0 Å². The van der Waals surface area contributed by atoms with Gasteiger partial charge in [0.2, 0.25) is 0 Å². The molecule has 2 aromatic heterocycles. The Bertz CT molecular complexity index is 404. The SMILES string of the molecule is CCc1ncc2cnn(C)c2n1. The standard InChI is InChI=1S/C8H10N4/c1-3-7-9-4-6-5-10-12(2)8(6)11-7/h4-5H,3H2,1-2H3. The van der Waals surface area contributed by atoms with E-state index in [1.807, 2.05) is 20.2 Å². The fourth-order valence-electron chi connectivity index (χ4n) is 1.14. The monoisotopic (exact) mass is 162 g/mol. The van der Waals surface area contributed by atoms with Crippen LogP contribution < -0.4 is 0 Å². The first-order valence-corrected chi connectivity index (χ1v) is 3.95. The van der Waals surface area contributed by atoms with Crippen molar-refractivity contribution < 1.29 is 0 Å². The fourth-order valence-corrected chi connectivity index (χ4v) is 1.14. The van der Waals surface area contributed by atoms with Crippen LogP contribution in [0.25, 0.3) is 11.0 Å². The largest absolute Gasteiger partial charge is 0.250 e. The van der Waals surface area contributed by atoms with Gasteiger partial charge in [-0.1, -0.05) is 6.92 Å². The number of hydrogen-bond donors (Lipinski definition) is 0. The van der Waals surface area contributed by atoms with Crippen LogP contribution in [0.15, 0.2) is 12.4 Å². The molecule has 2 heterocycles. The van der Waals surface area contributed by atoms with E-state index in [1.54, 1.807) is 10.9 Å². The molecule has 0 spiro atoms. The van der Waals surface area contributed by atoms with E-state index in [0.717, 1.165) is 23.3 Å². The van der Waals surface area contributed by atoms with Gasteiger partial charge >= 0.3 is 0 Å². The van der Waals surface area contributed by atoms with Crippen molar-refractivity contribution in [2.75, 3.05) is 0 Å². The predicted octanol–water partition coefficient (Wildman–Crippen LogP) is 0.926. The maximum absolute atomic E-state index is 4.34. The number of rotatable bonds is 1. The quantitative estimate of drug-likeness (QED) is 0.626. The molecule has 0 atom stereocenters. The molecule has 4 heteroatoms. The van der Waals surface area contributed by atoms with Gasteiger partial charge < -0.3 is 0 Å². The molecule has 0 fully saturated rings. The maximum Gasteiger partial charge on any atom is 0.161 e. The van der Waals surface area contributed by atoms with Crippen LogP contribution in [0.2, 0.25) is 0 Å². The van der Waals surface area contributed by atoms with Crippen LogP contribution in [0, 0.1) is 0 Å². The summed E-state index contributed by atoms with van der Waals surface area (Å²) >= 11 is 0. The number of aryl methyl sites for hydroxylation is 2. The summed E-state index contributed by atoms with van der Waals surface area (Å²) in [5, 5.41) is 5.08. The van der Waals surface area contributed by atoms with Gasteiger partial charge in [-0.15, -0.1) is 0 Å². The first-order chi connectivity index (χ1) is 5.81. The Balaban J connectivity index is 2.71. The van der Waals surface area contributed by atoms with E-state index in [-0.39, 0.29) is 0 Å². The molecular weight excluding hydrogens is 152 g/mol. The Morgan fingerprint density at radius 1 is 1.42 bits per heavy atom. The van der Waals surface area contributed by atoms with E-state index in [2.05, 4.69) is 15.1 Å². The van der Waals surface area contributed by atoms with E-state index in [1.165, 1.54) is 0 Å². The second-order valence-electron chi connectivity index (χ2n) is 2.69. The number of hydrogen-bond acceptors (Lipinski definition) is 3. The predicted molar refractivity (Wildman–Crippen MR) is 45.7 cm³/mol. The highest BCUT2D eigenvalue weighted by molar-refractivity contribution is 5.72. The van der Waals surface area contributed by atoms with Crippen molar-refractivity contribution in [3.05, 3.63) is 18.2 Å². The topological polar surface area (TPSA) is 43.6 Å². The zero-order chi connectivity index (χ0) is 8.55. The Hall–Kier alpha value is -1.45. The average Bonchev–Trinajstić information content (AvgIpc) is 2.47. The van der Waals surface area contributed by atoms with Crippen molar-refractivity contribution in [3.63, 3.8) is 0 Å². The number of aromatic nitrogens is 4. The molecule has 2 aromatic rings. The van der Waals surface area contributed by atoms with Gasteiger partial charge in [-0.05, 0) is 0 Å². The third kappa shape index (κ3) is 0.958. The van der Waals surface area contributed by atoms with Crippen LogP contribution in [0.1, 0.15) is 12.7 Å². The normalized spacial score (nSPS) is 10.8. The summed E-state index contributed by atoms with van der Waals surface area (Å²) in [4.78, 5) is 8.52. The van der Waals surface area contributed by atoms with Crippen LogP contribution in [-0.4, -0.2) is 19.7 Å². The Labute approximate surface area is 70.3 Å². The van der Waals surface area contributed by atoms with Crippen molar-refractivity contribution in [1.29, 1.82) is 0 Å². The summed E-state index contributed by atoms with van der Waals surface area (Å²) in [6.07, 6.45) is 4.45. The lowest BCUT2D eigenvalue weighted by Gasteiger charge is -1.95. The van der Waals surface area contributed by atoms with Crippen LogP contribution >= 0.6 is 0 Å². The minimum atomic E-state index is 0.862. The van der Waals surface area contributed by atoms with Gasteiger partial charge in [0.25, 0.3) is 0 Å². The van der Waals surface area contributed by atoms with Gasteiger partial charge in [-0.2, -0.15) is 5.10 Å². The van der Waals surface area contributed by atoms with Gasteiger partial charge in [0.15, 0.2) is 5.65 Å². The lowest BCUT2D eigenvalue weighted by molar-refractivity contribution is 0.779. The third-order valence-corrected chi connectivity index (χ3v) is 1.84. The van der Waals surface area contributed by atoms with E-state index in [0.29, 0.717) is 0 Å². The molecule has 12 heavy (non-hydrogen) atoms. The van der Waals surface area contributed by atoms with Crippen molar-refractivity contribution in [2.45, 2.75) is 13.3 Å². The summed E-state index contributed by atoms with van der Waals surface area (Å²) < 4.78 is 1.76. The van der Waals surface area contributed by atoms with Crippen molar-refractivity contribution in [2.24, 2.45) is 7.05 Å². The van der Waals surface area contributed by atoms with Gasteiger partial charge in [-0.25, -0.2) is 9.97 Å². The highest BCUT2D eigenvalue weighted by atomic mass is 15.3. The van der Waals surface area contributed by atoms with Crippen LogP contribution in [-0.2, 0) is 13.5 Å². The van der Waals surface area contributed by atoms with Gasteiger partial charge in [0, 0.05) is 19.7 Å². The van der Waals surface area contributed by atoms with E-state index in [9.17, 15) is 0 Å². The highest BCUT2D eigenvalue weighted by Gasteiger charge is 2.01. The molecule has 0 unspecified atom stereocenters. The zero-order valence-corrected chi connectivity index (χ0v) is 7.15. The fraction of sp³-hybridized carbons (Fsp3) is 0.375. The first kappa shape index (κ1) is 7.21. The lowest BCUT2D eigenvalue weighted by Crippen LogP contribution is -1.96. The molecule has 0 saturated heterocycles. The molecule has 0 radical (unpaired) electrons. The summed E-state index contributed by atoms with van der Waals surface area (Å²) in [7, 11) is 1.88. The molecule has 0 saturated carbocycles. The Morgan fingerprint density at radius 2 is 2.25 bits per heavy atom. The summed E-state index contributed by atoms with van der Waals surface area (Å²) in [6, 6.07) is 0. The summed E-state index contributed by atoms with van der Waals surface area (Å²) in [6.45, 7) is 2.04. The average molecular weight is 162 g/mol. The molecule has 0 N–H and O–H groups in total. The summed E-state index contributed by atoms with van der Waals surface area (Å²) in [5.74, 6) is 0.867. The third-order valence-electron chi connectivity index (χ3n) is 1.84. The molecule has 62 valence electrons. The molecule has 2 rings (SSSR count). The van der Waals surface area contributed by atoms with Gasteiger partial charge in [0.05, 0.1) is 11.6 Å². The van der Waals surface area contributed by atoms with Crippen molar-refractivity contribution in [3.8, 4) is 0 Å². The molecule has 0 aliphatic heterocycles. The zero-order valence-electron chi connectivity index (χ0n) is 7.15. The second-order valence-corrected chi connectivity index (χ2v) is 2.69. The number of fused-ring (bicyclic) bond motifs is 1. The molecule has 0 amide bonds. The van der Waals surface area contributed by atoms with Crippen molar-refractivity contribution >= 4 is 11.0 Å². The highest BCUT2D eigenvalue weighted by Crippen LogP contribution is 2.07. The minimum Gasteiger partial charge on any atom is -0.250 e. The van der Waals surface area contributed by atoms with Gasteiger partial charge in [-0.3, -0.25) is 4.68 Å². The Morgan fingerprint density at radius 3 is 3.00 bits per heavy atom. The summed E-state index contributed by atoms with van der Waals surface area (Å²) in [5.41, 5.74) is 0.904. The van der Waals surface area contributed by atoms with Crippen LogP contribution in [0.3, 0.4) is 0 Å². The van der Waals surface area contributed by atoms with E-state index >= 15 is 0 Å². The molecule has 4 nitrogen and oxygen atoms in total. The minimum absolute atomic E-state index is 0.862. The molecular formula is C8H10N4.